The van der Waals surface area contributed by atoms with E-state index in [1.165, 1.54) is 18.6 Å². The lowest BCUT2D eigenvalue weighted by molar-refractivity contribution is -0.123. The van der Waals surface area contributed by atoms with E-state index in [0.717, 1.165) is 43.9 Å². The average Bonchev–Trinajstić information content (AvgIpc) is 2.85. The van der Waals surface area contributed by atoms with Gasteiger partial charge in [0.2, 0.25) is 0 Å². The van der Waals surface area contributed by atoms with Gasteiger partial charge in [-0.15, -0.1) is 0 Å². The zero-order valence-corrected chi connectivity index (χ0v) is 20.7. The van der Waals surface area contributed by atoms with Crippen LogP contribution < -0.4 is 15.8 Å². The summed E-state index contributed by atoms with van der Waals surface area (Å²) in [6.07, 6.45) is 11.0. The van der Waals surface area contributed by atoms with Crippen molar-refractivity contribution in [1.29, 1.82) is 0 Å². The van der Waals surface area contributed by atoms with Crippen LogP contribution in [0.25, 0.3) is 0 Å². The van der Waals surface area contributed by atoms with Crippen LogP contribution in [0.5, 0.6) is 5.75 Å². The van der Waals surface area contributed by atoms with Crippen molar-refractivity contribution >= 4 is 18.0 Å². The minimum Gasteiger partial charge on any atom is -0.454 e. The molecule has 0 heterocycles. The number of ether oxygens (including phenoxy) is 1. The van der Waals surface area contributed by atoms with Crippen molar-refractivity contribution in [2.24, 2.45) is 16.6 Å². The third-order valence-corrected chi connectivity index (χ3v) is 6.00. The van der Waals surface area contributed by atoms with E-state index in [-0.39, 0.29) is 24.7 Å². The number of rotatable bonds is 14. The smallest absolute Gasteiger partial charge is 0.264 e. The van der Waals surface area contributed by atoms with Gasteiger partial charge in [0.1, 0.15) is 17.9 Å². The van der Waals surface area contributed by atoms with Crippen LogP contribution in [0, 0.1) is 17.6 Å². The van der Waals surface area contributed by atoms with Gasteiger partial charge in [0.25, 0.3) is 5.91 Å². The standard InChI is InChI=1S/C26H36F2N4O4/c1-32(18-20(12-16-34)36-25-21(27)9-5-10-22(25)28)23(17-19-7-3-2-4-8-19)26(35)31-24(29)11-14-30-13-6-15-33/h5,9-12,14,16,19,23,30,33H,2-4,6-8,13,15,17-18H2,1H3,(H2,29,31,35)/b14-11-,20-12+. The summed E-state index contributed by atoms with van der Waals surface area (Å²) >= 11 is 0. The van der Waals surface area contributed by atoms with Gasteiger partial charge in [-0.2, -0.15) is 4.99 Å². The number of allylic oxidation sites excluding steroid dienone is 1. The number of nitrogens with one attached hydrogen (secondary N) is 1. The lowest BCUT2D eigenvalue weighted by Gasteiger charge is -2.31. The van der Waals surface area contributed by atoms with Gasteiger partial charge in [-0.3, -0.25) is 14.5 Å². The summed E-state index contributed by atoms with van der Waals surface area (Å²) in [6, 6.07) is 2.65. The first kappa shape index (κ1) is 29.1. The number of amidine groups is 1. The number of aliphatic hydroxyl groups is 1. The van der Waals surface area contributed by atoms with Crippen LogP contribution in [-0.4, -0.2) is 60.8 Å². The predicted molar refractivity (Wildman–Crippen MR) is 134 cm³/mol. The molecule has 0 spiro atoms. The molecule has 1 aromatic rings. The van der Waals surface area contributed by atoms with Gasteiger partial charge in [-0.1, -0.05) is 38.2 Å². The first-order valence-electron chi connectivity index (χ1n) is 12.2. The Bertz CT molecular complexity index is 926. The molecule has 0 radical (unpaired) electrons. The second-order valence-electron chi connectivity index (χ2n) is 8.83. The minimum atomic E-state index is -0.902. The fraction of sp³-hybridized carbons (Fsp3) is 0.500. The van der Waals surface area contributed by atoms with E-state index in [9.17, 15) is 18.4 Å². The number of aliphatic imine (C=N–C) groups is 1. The van der Waals surface area contributed by atoms with Crippen LogP contribution in [0.2, 0.25) is 0 Å². The van der Waals surface area contributed by atoms with E-state index >= 15 is 0 Å². The molecule has 1 saturated carbocycles. The molecule has 198 valence electrons. The van der Waals surface area contributed by atoms with E-state index in [2.05, 4.69) is 10.3 Å². The quantitative estimate of drug-likeness (QED) is 0.0887. The molecule has 8 nitrogen and oxygen atoms in total. The fourth-order valence-electron chi connectivity index (χ4n) is 4.12. The zero-order chi connectivity index (χ0) is 26.3. The highest BCUT2D eigenvalue weighted by atomic mass is 19.1. The lowest BCUT2D eigenvalue weighted by atomic mass is 9.84. The van der Waals surface area contributed by atoms with Gasteiger partial charge in [0.05, 0.1) is 12.6 Å². The van der Waals surface area contributed by atoms with Crippen LogP contribution in [0.1, 0.15) is 44.9 Å². The molecule has 2 rings (SSSR count). The van der Waals surface area contributed by atoms with Gasteiger partial charge < -0.3 is 20.9 Å². The maximum atomic E-state index is 14.1. The van der Waals surface area contributed by atoms with Crippen LogP contribution in [-0.2, 0) is 9.59 Å². The van der Waals surface area contributed by atoms with Crippen LogP contribution in [0.3, 0.4) is 0 Å². The number of carbonyl (C=O) groups is 2. The first-order valence-corrected chi connectivity index (χ1v) is 12.2. The Kier molecular flexibility index (Phi) is 12.8. The first-order chi connectivity index (χ1) is 17.3. The molecule has 1 aliphatic carbocycles. The summed E-state index contributed by atoms with van der Waals surface area (Å²) in [5, 5.41) is 11.8. The van der Waals surface area contributed by atoms with Crippen molar-refractivity contribution in [3.63, 3.8) is 0 Å². The molecule has 1 fully saturated rings. The van der Waals surface area contributed by atoms with E-state index in [1.54, 1.807) is 18.1 Å². The van der Waals surface area contributed by atoms with E-state index in [0.29, 0.717) is 31.6 Å². The summed E-state index contributed by atoms with van der Waals surface area (Å²) in [6.45, 7) is 0.561. The highest BCUT2D eigenvalue weighted by Gasteiger charge is 2.29. The molecule has 36 heavy (non-hydrogen) atoms. The Morgan fingerprint density at radius 3 is 2.64 bits per heavy atom. The molecule has 4 N–H and O–H groups in total. The summed E-state index contributed by atoms with van der Waals surface area (Å²) in [5.74, 6) is -2.54. The van der Waals surface area contributed by atoms with E-state index in [4.69, 9.17) is 15.6 Å². The minimum absolute atomic E-state index is 0.0112. The molecule has 1 aromatic carbocycles. The highest BCUT2D eigenvalue weighted by molar-refractivity contribution is 6.01. The maximum absolute atomic E-state index is 14.1. The number of nitrogens with two attached hydrogens (primary N) is 1. The monoisotopic (exact) mass is 506 g/mol. The average molecular weight is 507 g/mol. The second kappa shape index (κ2) is 15.8. The largest absolute Gasteiger partial charge is 0.454 e. The van der Waals surface area contributed by atoms with Gasteiger partial charge >= 0.3 is 0 Å². The van der Waals surface area contributed by atoms with E-state index < -0.39 is 29.3 Å². The number of carbonyl (C=O) groups excluding carboxylic acids is 2. The Balaban J connectivity index is 2.18. The molecular formula is C26H36F2N4O4. The second-order valence-corrected chi connectivity index (χ2v) is 8.83. The van der Waals surface area contributed by atoms with Crippen molar-refractivity contribution in [2.75, 3.05) is 26.7 Å². The number of amides is 1. The molecular weight excluding hydrogens is 470 g/mol. The zero-order valence-electron chi connectivity index (χ0n) is 20.7. The van der Waals surface area contributed by atoms with Crippen LogP contribution in [0.15, 0.2) is 47.3 Å². The highest BCUT2D eigenvalue weighted by Crippen LogP contribution is 2.29. The number of nitrogens with zero attached hydrogens (tertiary/aromatic N) is 2. The number of benzene rings is 1. The molecule has 10 heteroatoms. The number of para-hydroxylation sites is 1. The Labute approximate surface area is 210 Å². The lowest BCUT2D eigenvalue weighted by Crippen LogP contribution is -2.41. The van der Waals surface area contributed by atoms with E-state index in [1.807, 2.05) is 0 Å². The van der Waals surface area contributed by atoms with Crippen molar-refractivity contribution in [2.45, 2.75) is 51.0 Å². The van der Waals surface area contributed by atoms with Crippen molar-refractivity contribution < 1.29 is 28.2 Å². The van der Waals surface area contributed by atoms with Crippen molar-refractivity contribution in [1.82, 2.24) is 10.2 Å². The summed E-state index contributed by atoms with van der Waals surface area (Å²) in [5.41, 5.74) is 5.91. The molecule has 0 aromatic heterocycles. The number of halogens is 2. The third kappa shape index (κ3) is 9.87. The number of hydrogen-bond donors (Lipinski definition) is 3. The predicted octanol–water partition coefficient (Wildman–Crippen LogP) is 3.07. The van der Waals surface area contributed by atoms with Gasteiger partial charge in [-0.25, -0.2) is 8.78 Å². The number of hydrogen-bond acceptors (Lipinski definition) is 6. The molecule has 1 aliphatic rings. The van der Waals surface area contributed by atoms with Crippen molar-refractivity contribution in [3.8, 4) is 5.75 Å². The number of aliphatic hydroxyl groups excluding tert-OH is 1. The number of aldehydes is 1. The third-order valence-electron chi connectivity index (χ3n) is 6.00. The number of likely N-dealkylation sites (N-methyl/N-ethyl adjacent to an activating group) is 1. The molecule has 1 atom stereocenters. The van der Waals surface area contributed by atoms with Gasteiger partial charge in [-0.05, 0) is 44.0 Å². The van der Waals surface area contributed by atoms with Crippen molar-refractivity contribution in [3.05, 3.63) is 53.9 Å². The topological polar surface area (TPSA) is 117 Å². The fourth-order valence-corrected chi connectivity index (χ4v) is 4.12. The van der Waals surface area contributed by atoms with Crippen LogP contribution >= 0.6 is 0 Å². The maximum Gasteiger partial charge on any atom is 0.264 e. The van der Waals surface area contributed by atoms with Crippen LogP contribution in [0.4, 0.5) is 8.78 Å². The summed E-state index contributed by atoms with van der Waals surface area (Å²) in [4.78, 5) is 30.1. The molecule has 0 aliphatic heterocycles. The Hall–Kier alpha value is -3.11. The van der Waals surface area contributed by atoms with Gasteiger partial charge in [0.15, 0.2) is 17.4 Å². The molecule has 1 amide bonds. The molecule has 1 unspecified atom stereocenters. The molecule has 0 saturated heterocycles. The molecule has 0 bridgehead atoms. The Morgan fingerprint density at radius 1 is 1.31 bits per heavy atom. The Morgan fingerprint density at radius 2 is 2.00 bits per heavy atom. The normalized spacial score (nSPS) is 16.4. The summed E-state index contributed by atoms with van der Waals surface area (Å²) < 4.78 is 33.6. The SMILES string of the molecule is CN(C/C(=C\C=O)Oc1c(F)cccc1F)C(CC1CCCCC1)C(=O)N=C(N)/C=C\NCCCO. The summed E-state index contributed by atoms with van der Waals surface area (Å²) in [7, 11) is 1.67. The van der Waals surface area contributed by atoms with Gasteiger partial charge in [0, 0.05) is 25.4 Å².